The Bertz CT molecular complexity index is 988. The second kappa shape index (κ2) is 8.60. The Hall–Kier alpha value is -1.94. The molecule has 0 atom stereocenters. The Kier molecular flexibility index (Phi) is 6.39. The van der Waals surface area contributed by atoms with Gasteiger partial charge in [0, 0.05) is 23.2 Å². The molecule has 0 radical (unpaired) electrons. The molecule has 1 saturated heterocycles. The van der Waals surface area contributed by atoms with Crippen molar-refractivity contribution in [2.45, 2.75) is 11.8 Å². The van der Waals surface area contributed by atoms with E-state index in [0.29, 0.717) is 53.3 Å². The number of hydrogen-bond acceptors (Lipinski definition) is 5. The Balaban J connectivity index is 1.88. The number of carbonyl (C=O) groups is 1. The van der Waals surface area contributed by atoms with Gasteiger partial charge < -0.3 is 14.8 Å². The number of benzene rings is 2. The minimum absolute atomic E-state index is 0.178. The number of morpholine rings is 1. The van der Waals surface area contributed by atoms with Crippen molar-refractivity contribution in [3.05, 3.63) is 52.0 Å². The predicted octanol–water partition coefficient (Wildman–Crippen LogP) is 3.04. The first kappa shape index (κ1) is 20.8. The van der Waals surface area contributed by atoms with Crippen LogP contribution in [0.2, 0.25) is 0 Å². The molecule has 28 heavy (non-hydrogen) atoms. The minimum atomic E-state index is -3.66. The van der Waals surface area contributed by atoms with E-state index in [-0.39, 0.29) is 10.8 Å². The van der Waals surface area contributed by atoms with E-state index in [9.17, 15) is 13.2 Å². The number of methoxy groups -OCH3 is 1. The van der Waals surface area contributed by atoms with E-state index in [1.165, 1.54) is 17.5 Å². The van der Waals surface area contributed by atoms with Crippen molar-refractivity contribution < 1.29 is 22.7 Å². The lowest BCUT2D eigenvalue weighted by molar-refractivity contribution is 0.0730. The zero-order valence-corrected chi connectivity index (χ0v) is 18.0. The molecule has 2 aromatic carbocycles. The fourth-order valence-electron chi connectivity index (χ4n) is 2.89. The van der Waals surface area contributed by atoms with Crippen molar-refractivity contribution >= 4 is 37.5 Å². The van der Waals surface area contributed by atoms with Crippen LogP contribution in [0.5, 0.6) is 5.75 Å². The first-order valence-corrected chi connectivity index (χ1v) is 10.9. The summed E-state index contributed by atoms with van der Waals surface area (Å²) in [7, 11) is -2.14. The fraction of sp³-hybridized carbons (Fsp3) is 0.316. The number of hydrogen-bond donors (Lipinski definition) is 1. The van der Waals surface area contributed by atoms with Crippen LogP contribution in [0.3, 0.4) is 0 Å². The van der Waals surface area contributed by atoms with E-state index >= 15 is 0 Å². The lowest BCUT2D eigenvalue weighted by Crippen LogP contribution is -2.40. The molecule has 3 rings (SSSR count). The molecular weight excluding hydrogens is 448 g/mol. The van der Waals surface area contributed by atoms with E-state index < -0.39 is 10.0 Å². The normalized spacial score (nSPS) is 15.2. The van der Waals surface area contributed by atoms with Gasteiger partial charge in [-0.1, -0.05) is 6.07 Å². The van der Waals surface area contributed by atoms with Gasteiger partial charge in [-0.3, -0.25) is 4.79 Å². The molecule has 1 fully saturated rings. The number of anilines is 1. The van der Waals surface area contributed by atoms with Crippen molar-refractivity contribution in [2.75, 3.05) is 38.7 Å². The summed E-state index contributed by atoms with van der Waals surface area (Å²) in [5, 5.41) is 2.76. The van der Waals surface area contributed by atoms with Gasteiger partial charge in [-0.2, -0.15) is 4.31 Å². The molecule has 1 aliphatic heterocycles. The summed E-state index contributed by atoms with van der Waals surface area (Å²) in [4.78, 5) is 12.9. The van der Waals surface area contributed by atoms with Gasteiger partial charge in [-0.05, 0) is 58.7 Å². The molecular formula is C19H21BrN2O5S. The molecule has 1 amide bonds. The van der Waals surface area contributed by atoms with Gasteiger partial charge in [-0.25, -0.2) is 8.42 Å². The summed E-state index contributed by atoms with van der Waals surface area (Å²) < 4.78 is 38.4. The Morgan fingerprint density at radius 1 is 1.18 bits per heavy atom. The summed E-state index contributed by atoms with van der Waals surface area (Å²) >= 11 is 3.35. The highest BCUT2D eigenvalue weighted by molar-refractivity contribution is 9.10. The van der Waals surface area contributed by atoms with E-state index in [1.54, 1.807) is 37.3 Å². The van der Waals surface area contributed by atoms with Crippen LogP contribution < -0.4 is 10.1 Å². The number of halogens is 1. The highest BCUT2D eigenvalue weighted by Crippen LogP contribution is 2.27. The molecule has 0 saturated carbocycles. The maximum atomic E-state index is 13.0. The van der Waals surface area contributed by atoms with E-state index in [1.807, 2.05) is 0 Å². The van der Waals surface area contributed by atoms with E-state index in [4.69, 9.17) is 9.47 Å². The summed E-state index contributed by atoms with van der Waals surface area (Å²) in [6, 6.07) is 9.92. The number of nitrogens with zero attached hydrogens (tertiary/aromatic N) is 1. The second-order valence-corrected chi connectivity index (χ2v) is 9.06. The molecule has 0 unspecified atom stereocenters. The summed E-state index contributed by atoms with van der Waals surface area (Å²) in [6.45, 7) is 3.11. The van der Waals surface area contributed by atoms with Crippen molar-refractivity contribution in [2.24, 2.45) is 0 Å². The van der Waals surface area contributed by atoms with Crippen LogP contribution in [0.1, 0.15) is 15.9 Å². The topological polar surface area (TPSA) is 84.9 Å². The van der Waals surface area contributed by atoms with Crippen LogP contribution in [0, 0.1) is 6.92 Å². The number of ether oxygens (including phenoxy) is 2. The molecule has 0 aromatic heterocycles. The molecule has 0 bridgehead atoms. The first-order valence-electron chi connectivity index (χ1n) is 8.66. The van der Waals surface area contributed by atoms with Gasteiger partial charge in [0.2, 0.25) is 10.0 Å². The van der Waals surface area contributed by atoms with Crippen LogP contribution in [-0.4, -0.2) is 52.0 Å². The van der Waals surface area contributed by atoms with Crippen molar-refractivity contribution in [1.29, 1.82) is 0 Å². The second-order valence-electron chi connectivity index (χ2n) is 6.30. The lowest BCUT2D eigenvalue weighted by Gasteiger charge is -2.26. The van der Waals surface area contributed by atoms with E-state index in [2.05, 4.69) is 21.2 Å². The Morgan fingerprint density at radius 3 is 2.57 bits per heavy atom. The highest BCUT2D eigenvalue weighted by Gasteiger charge is 2.28. The molecule has 7 nitrogen and oxygen atoms in total. The molecule has 1 N–H and O–H groups in total. The quantitative estimate of drug-likeness (QED) is 0.728. The number of nitrogens with one attached hydrogen (secondary N) is 1. The van der Waals surface area contributed by atoms with Crippen LogP contribution in [-0.2, 0) is 14.8 Å². The molecule has 2 aromatic rings. The number of rotatable bonds is 5. The van der Waals surface area contributed by atoms with Crippen LogP contribution in [0.25, 0.3) is 0 Å². The summed E-state index contributed by atoms with van der Waals surface area (Å²) in [6.07, 6.45) is 0. The number of carbonyl (C=O) groups excluding carboxylic acids is 1. The minimum Gasteiger partial charge on any atom is -0.497 e. The first-order chi connectivity index (χ1) is 13.3. The number of sulfonamides is 1. The maximum Gasteiger partial charge on any atom is 0.256 e. The average Bonchev–Trinajstić information content (AvgIpc) is 2.70. The standard InChI is InChI=1S/C19H21BrN2O5S/c1-13-3-4-14(11-18(13)28(24,25)22-7-9-27-10-8-22)21-19(23)16-12-15(26-2)5-6-17(16)20/h3-6,11-12H,7-10H2,1-2H3,(H,21,23). The highest BCUT2D eigenvalue weighted by atomic mass is 79.9. The van der Waals surface area contributed by atoms with Crippen LogP contribution >= 0.6 is 15.9 Å². The molecule has 0 spiro atoms. The van der Waals surface area contributed by atoms with Crippen molar-refractivity contribution in [3.8, 4) is 5.75 Å². The van der Waals surface area contributed by atoms with Crippen LogP contribution in [0.15, 0.2) is 45.8 Å². The third-order valence-electron chi connectivity index (χ3n) is 4.45. The zero-order valence-electron chi connectivity index (χ0n) is 15.6. The fourth-order valence-corrected chi connectivity index (χ4v) is 4.97. The monoisotopic (exact) mass is 468 g/mol. The SMILES string of the molecule is COc1ccc(Br)c(C(=O)Nc2ccc(C)c(S(=O)(=O)N3CCOCC3)c2)c1. The summed E-state index contributed by atoms with van der Waals surface area (Å²) in [5.74, 6) is 0.178. The van der Waals surface area contributed by atoms with E-state index in [0.717, 1.165) is 0 Å². The number of amides is 1. The molecule has 0 aliphatic carbocycles. The lowest BCUT2D eigenvalue weighted by atomic mass is 10.2. The Morgan fingerprint density at radius 2 is 1.89 bits per heavy atom. The van der Waals surface area contributed by atoms with Gasteiger partial charge in [0.05, 0.1) is 30.8 Å². The predicted molar refractivity (Wildman–Crippen MR) is 109 cm³/mol. The third kappa shape index (κ3) is 4.38. The third-order valence-corrected chi connectivity index (χ3v) is 7.18. The zero-order chi connectivity index (χ0) is 20.3. The molecule has 150 valence electrons. The average molecular weight is 469 g/mol. The van der Waals surface area contributed by atoms with Gasteiger partial charge >= 0.3 is 0 Å². The number of aryl methyl sites for hydroxylation is 1. The summed E-state index contributed by atoms with van der Waals surface area (Å²) in [5.41, 5.74) is 1.40. The molecule has 9 heteroatoms. The van der Waals surface area contributed by atoms with Gasteiger partial charge in [0.25, 0.3) is 5.91 Å². The smallest absolute Gasteiger partial charge is 0.256 e. The Labute approximate surface area is 172 Å². The molecule has 1 aliphatic rings. The van der Waals surface area contributed by atoms with Gasteiger partial charge in [0.15, 0.2) is 0 Å². The van der Waals surface area contributed by atoms with Crippen molar-refractivity contribution in [3.63, 3.8) is 0 Å². The largest absolute Gasteiger partial charge is 0.497 e. The van der Waals surface area contributed by atoms with Crippen LogP contribution in [0.4, 0.5) is 5.69 Å². The molecule has 1 heterocycles. The van der Waals surface area contributed by atoms with Gasteiger partial charge in [0.1, 0.15) is 5.75 Å². The van der Waals surface area contributed by atoms with Crippen molar-refractivity contribution in [1.82, 2.24) is 4.31 Å². The maximum absolute atomic E-state index is 13.0. The van der Waals surface area contributed by atoms with Gasteiger partial charge in [-0.15, -0.1) is 0 Å².